The lowest BCUT2D eigenvalue weighted by Crippen LogP contribution is -2.13. The Morgan fingerprint density at radius 3 is 2.18 bits per heavy atom. The average molecular weight is 394 g/mol. The average Bonchev–Trinajstić information content (AvgIpc) is 2.72. The van der Waals surface area contributed by atoms with Crippen LogP contribution in [0.2, 0.25) is 0 Å². The Kier molecular flexibility index (Phi) is 5.54. The van der Waals surface area contributed by atoms with Gasteiger partial charge >= 0.3 is 0 Å². The van der Waals surface area contributed by atoms with Crippen molar-refractivity contribution in [3.05, 3.63) is 102 Å². The molecule has 0 radical (unpaired) electrons. The van der Waals surface area contributed by atoms with Gasteiger partial charge in [-0.25, -0.2) is 8.78 Å². The van der Waals surface area contributed by atoms with Gasteiger partial charge < -0.3 is 5.11 Å². The highest BCUT2D eigenvalue weighted by Gasteiger charge is 2.21. The van der Waals surface area contributed by atoms with Crippen molar-refractivity contribution >= 4 is 19.2 Å². The van der Waals surface area contributed by atoms with Crippen LogP contribution in [0, 0.1) is 11.6 Å². The van der Waals surface area contributed by atoms with E-state index in [9.17, 15) is 13.9 Å². The number of halogens is 2. The number of benzene rings is 2. The number of rotatable bonds is 4. The van der Waals surface area contributed by atoms with Crippen LogP contribution >= 0.6 is 8.58 Å². The maximum atomic E-state index is 14.2. The first kappa shape index (κ1) is 18.8. The molecule has 0 heterocycles. The van der Waals surface area contributed by atoms with Crippen LogP contribution in [0.25, 0.3) is 0 Å². The minimum absolute atomic E-state index is 0.0839. The molecule has 0 amide bonds. The van der Waals surface area contributed by atoms with Gasteiger partial charge in [0.2, 0.25) is 0 Å². The molecule has 1 nitrogen and oxygen atoms in total. The zero-order valence-corrected chi connectivity index (χ0v) is 16.3. The molecule has 2 aromatic carbocycles. The number of aromatic hydroxyl groups is 1. The third kappa shape index (κ3) is 4.00. The van der Waals surface area contributed by atoms with Crippen molar-refractivity contribution in [2.24, 2.45) is 0 Å². The van der Waals surface area contributed by atoms with E-state index in [1.165, 1.54) is 12.1 Å². The van der Waals surface area contributed by atoms with Crippen LogP contribution in [0.15, 0.2) is 78.9 Å². The molecule has 0 bridgehead atoms. The van der Waals surface area contributed by atoms with E-state index in [1.54, 1.807) is 0 Å². The second-order valence-electron chi connectivity index (χ2n) is 7.07. The van der Waals surface area contributed by atoms with Crippen molar-refractivity contribution < 1.29 is 13.9 Å². The molecular weight excluding hydrogens is 373 g/mol. The summed E-state index contributed by atoms with van der Waals surface area (Å²) in [5.41, 5.74) is 1.98. The molecule has 1 N–H and O–H groups in total. The van der Waals surface area contributed by atoms with Crippen LogP contribution in [0.4, 0.5) is 8.78 Å². The van der Waals surface area contributed by atoms with Crippen molar-refractivity contribution in [1.82, 2.24) is 0 Å². The number of hydrogen-bond donors (Lipinski definition) is 1. The van der Waals surface area contributed by atoms with Gasteiger partial charge in [0.1, 0.15) is 17.4 Å². The van der Waals surface area contributed by atoms with Gasteiger partial charge in [0, 0.05) is 34.1 Å². The summed E-state index contributed by atoms with van der Waals surface area (Å²) in [5.74, 6) is -0.636. The Morgan fingerprint density at radius 1 is 0.821 bits per heavy atom. The van der Waals surface area contributed by atoms with Crippen molar-refractivity contribution in [2.45, 2.75) is 24.7 Å². The van der Waals surface area contributed by atoms with Gasteiger partial charge in [0.15, 0.2) is 0 Å². The van der Waals surface area contributed by atoms with Crippen LogP contribution in [0.1, 0.15) is 35.8 Å². The zero-order chi connectivity index (χ0) is 19.5. The Hall–Kier alpha value is -2.51. The van der Waals surface area contributed by atoms with E-state index < -0.39 is 11.6 Å². The summed E-state index contributed by atoms with van der Waals surface area (Å²) in [4.78, 5) is 0. The summed E-state index contributed by atoms with van der Waals surface area (Å²) >= 11 is 0. The van der Waals surface area contributed by atoms with Crippen molar-refractivity contribution in [1.29, 1.82) is 0 Å². The first-order valence-corrected chi connectivity index (χ1v) is 10.4. The van der Waals surface area contributed by atoms with Gasteiger partial charge in [-0.15, -0.1) is 0 Å². The second-order valence-corrected chi connectivity index (χ2v) is 8.39. The smallest absolute Gasteiger partial charge is 0.133 e. The lowest BCUT2D eigenvalue weighted by Gasteiger charge is -2.22. The highest BCUT2D eigenvalue weighted by atomic mass is 31.1. The van der Waals surface area contributed by atoms with E-state index in [2.05, 4.69) is 30.4 Å². The molecule has 0 fully saturated rings. The van der Waals surface area contributed by atoms with Crippen LogP contribution < -0.4 is 10.6 Å². The molecule has 142 valence electrons. The summed E-state index contributed by atoms with van der Waals surface area (Å²) in [5, 5.41) is 12.1. The topological polar surface area (TPSA) is 20.2 Å². The summed E-state index contributed by atoms with van der Waals surface area (Å²) in [6.07, 6.45) is 18.2. The lowest BCUT2D eigenvalue weighted by atomic mass is 9.86. The van der Waals surface area contributed by atoms with E-state index in [-0.39, 0.29) is 26.2 Å². The first-order chi connectivity index (χ1) is 13.6. The monoisotopic (exact) mass is 394 g/mol. The molecule has 0 aromatic heterocycles. The van der Waals surface area contributed by atoms with E-state index in [1.807, 2.05) is 30.4 Å². The standard InChI is InChI=1S/C24H21F2OP/c25-19-11-12-22(21(26)15-19)28-23-14-18(16-7-3-1-4-8-16)13-20(24(23)27)17-9-5-2-6-10-17/h1-7,9,11-17,27-28H,8,10H2. The molecule has 2 aliphatic carbocycles. The molecule has 4 heteroatoms. The Bertz CT molecular complexity index is 1000. The van der Waals surface area contributed by atoms with Crippen molar-refractivity contribution in [3.8, 4) is 5.75 Å². The van der Waals surface area contributed by atoms with Gasteiger partial charge in [-0.05, 0) is 36.6 Å². The van der Waals surface area contributed by atoms with Gasteiger partial charge in [0.05, 0.1) is 0 Å². The van der Waals surface area contributed by atoms with Crippen molar-refractivity contribution in [3.63, 3.8) is 0 Å². The highest BCUT2D eigenvalue weighted by molar-refractivity contribution is 7.55. The molecule has 3 unspecified atom stereocenters. The van der Waals surface area contributed by atoms with Crippen LogP contribution in [0.3, 0.4) is 0 Å². The van der Waals surface area contributed by atoms with Gasteiger partial charge in [-0.1, -0.05) is 63.3 Å². The highest BCUT2D eigenvalue weighted by Crippen LogP contribution is 2.37. The third-order valence-electron chi connectivity index (χ3n) is 5.15. The van der Waals surface area contributed by atoms with Gasteiger partial charge in [0.25, 0.3) is 0 Å². The SMILES string of the molecule is Oc1c(Pc2ccc(F)cc2F)cc(C2C=CC=CC2)cc1C1C=CC=CC1. The zero-order valence-electron chi connectivity index (χ0n) is 15.3. The van der Waals surface area contributed by atoms with Gasteiger partial charge in [-0.3, -0.25) is 0 Å². The van der Waals surface area contributed by atoms with Crippen LogP contribution in [-0.2, 0) is 0 Å². The van der Waals surface area contributed by atoms with Crippen LogP contribution in [-0.4, -0.2) is 5.11 Å². The molecule has 0 spiro atoms. The number of hydrogen-bond acceptors (Lipinski definition) is 1. The van der Waals surface area contributed by atoms with E-state index in [0.717, 1.165) is 30.0 Å². The van der Waals surface area contributed by atoms with E-state index in [0.29, 0.717) is 10.6 Å². The number of allylic oxidation sites excluding steroid dienone is 8. The molecule has 28 heavy (non-hydrogen) atoms. The normalized spacial score (nSPS) is 21.1. The minimum atomic E-state index is -0.594. The quantitative estimate of drug-likeness (QED) is 0.679. The number of phenols is 1. The Morgan fingerprint density at radius 2 is 1.54 bits per heavy atom. The summed E-state index contributed by atoms with van der Waals surface area (Å²) in [6, 6.07) is 7.66. The predicted molar refractivity (Wildman–Crippen MR) is 113 cm³/mol. The molecule has 2 aliphatic rings. The van der Waals surface area contributed by atoms with Crippen LogP contribution in [0.5, 0.6) is 5.75 Å². The predicted octanol–water partition coefficient (Wildman–Crippen LogP) is 5.50. The lowest BCUT2D eigenvalue weighted by molar-refractivity contribution is 0.469. The fourth-order valence-corrected chi connectivity index (χ4v) is 4.80. The minimum Gasteiger partial charge on any atom is -0.507 e. The molecule has 0 saturated carbocycles. The Balaban J connectivity index is 1.77. The van der Waals surface area contributed by atoms with Gasteiger partial charge in [-0.2, -0.15) is 0 Å². The fourth-order valence-electron chi connectivity index (χ4n) is 3.65. The summed E-state index contributed by atoms with van der Waals surface area (Å²) < 4.78 is 27.5. The molecule has 0 saturated heterocycles. The summed E-state index contributed by atoms with van der Waals surface area (Å²) in [6.45, 7) is 0. The fraction of sp³-hybridized carbons (Fsp3) is 0.167. The molecule has 3 atom stereocenters. The van der Waals surface area contributed by atoms with Crippen molar-refractivity contribution in [2.75, 3.05) is 0 Å². The molecular formula is C24H21F2OP. The molecule has 4 rings (SSSR count). The maximum Gasteiger partial charge on any atom is 0.133 e. The number of phenolic OH excluding ortho intramolecular Hbond substituents is 1. The second kappa shape index (κ2) is 8.24. The van der Waals surface area contributed by atoms with E-state index in [4.69, 9.17) is 0 Å². The largest absolute Gasteiger partial charge is 0.507 e. The maximum absolute atomic E-state index is 14.2. The molecule has 2 aromatic rings. The summed E-state index contributed by atoms with van der Waals surface area (Å²) in [7, 11) is -0.0839. The molecule has 0 aliphatic heterocycles. The Labute approximate surface area is 165 Å². The first-order valence-electron chi connectivity index (χ1n) is 9.37. The van der Waals surface area contributed by atoms with E-state index >= 15 is 0 Å². The third-order valence-corrected chi connectivity index (χ3v) is 6.48.